The lowest BCUT2D eigenvalue weighted by Crippen LogP contribution is -2.39. The molecule has 1 saturated heterocycles. The van der Waals surface area contributed by atoms with Crippen LogP contribution in [-0.4, -0.2) is 41.0 Å². The standard InChI is InChI=1S/C19H23N5O2S.2ClH/c25-18(11-17-13-27-9-8-21-17)23-15-2-1-3-16(10-15)24-19(26)22-12-14-4-6-20-7-5-14;;/h1-7,10,17,21H,8-9,11-13H2,(H,23,25)(H2,22,24,26);2*1H. The second-order valence-electron chi connectivity index (χ2n) is 6.22. The number of urea groups is 1. The fraction of sp³-hybridized carbons (Fsp3) is 0.316. The number of nitrogens with one attached hydrogen (secondary N) is 4. The summed E-state index contributed by atoms with van der Waals surface area (Å²) in [4.78, 5) is 28.2. The number of aromatic nitrogens is 1. The predicted octanol–water partition coefficient (Wildman–Crippen LogP) is 3.28. The SMILES string of the molecule is Cl.Cl.O=C(CC1CSCCN1)Nc1cccc(NC(=O)NCc2ccncc2)c1. The number of benzene rings is 1. The number of nitrogens with zero attached hydrogens (tertiary/aromatic N) is 1. The number of carbonyl (C=O) groups is 2. The Hall–Kier alpha value is -2.00. The van der Waals surface area contributed by atoms with Gasteiger partial charge in [-0.25, -0.2) is 4.79 Å². The van der Waals surface area contributed by atoms with Crippen LogP contribution in [0.1, 0.15) is 12.0 Å². The van der Waals surface area contributed by atoms with Crippen molar-refractivity contribution in [2.75, 3.05) is 28.7 Å². The number of rotatable bonds is 6. The zero-order chi connectivity index (χ0) is 18.9. The maximum Gasteiger partial charge on any atom is 0.319 e. The summed E-state index contributed by atoms with van der Waals surface area (Å²) in [5.41, 5.74) is 2.25. The molecular formula is C19H25Cl2N5O2S. The summed E-state index contributed by atoms with van der Waals surface area (Å²) < 4.78 is 0. The molecular weight excluding hydrogens is 433 g/mol. The molecule has 1 atom stereocenters. The Bertz CT molecular complexity index is 776. The van der Waals surface area contributed by atoms with E-state index in [1.54, 1.807) is 36.7 Å². The monoisotopic (exact) mass is 457 g/mol. The van der Waals surface area contributed by atoms with E-state index in [0.29, 0.717) is 24.3 Å². The molecule has 0 bridgehead atoms. The Morgan fingerprint density at radius 2 is 1.83 bits per heavy atom. The number of pyridine rings is 1. The van der Waals surface area contributed by atoms with Gasteiger partial charge in [0.25, 0.3) is 0 Å². The highest BCUT2D eigenvalue weighted by atomic mass is 35.5. The highest BCUT2D eigenvalue weighted by Gasteiger charge is 2.16. The fourth-order valence-electron chi connectivity index (χ4n) is 2.72. The summed E-state index contributed by atoms with van der Waals surface area (Å²) in [6.07, 6.45) is 3.81. The molecule has 0 saturated carbocycles. The summed E-state index contributed by atoms with van der Waals surface area (Å²) in [5, 5.41) is 11.8. The first-order valence-electron chi connectivity index (χ1n) is 8.84. The quantitative estimate of drug-likeness (QED) is 0.533. The Kier molecular flexibility index (Phi) is 11.5. The lowest BCUT2D eigenvalue weighted by molar-refractivity contribution is -0.116. The van der Waals surface area contributed by atoms with Gasteiger partial charge in [-0.15, -0.1) is 24.8 Å². The zero-order valence-corrected chi connectivity index (χ0v) is 18.2. The van der Waals surface area contributed by atoms with Gasteiger partial charge in [-0.3, -0.25) is 9.78 Å². The van der Waals surface area contributed by atoms with E-state index in [1.165, 1.54) is 0 Å². The minimum atomic E-state index is -0.307. The summed E-state index contributed by atoms with van der Waals surface area (Å²) in [7, 11) is 0. The van der Waals surface area contributed by atoms with Gasteiger partial charge >= 0.3 is 6.03 Å². The van der Waals surface area contributed by atoms with Crippen LogP contribution in [0, 0.1) is 0 Å². The van der Waals surface area contributed by atoms with Gasteiger partial charge in [0.1, 0.15) is 0 Å². The normalized spacial score (nSPS) is 15.2. The van der Waals surface area contributed by atoms with Crippen LogP contribution in [0.4, 0.5) is 16.2 Å². The second-order valence-corrected chi connectivity index (χ2v) is 7.37. The van der Waals surface area contributed by atoms with Crippen LogP contribution in [0.5, 0.6) is 0 Å². The highest BCUT2D eigenvalue weighted by molar-refractivity contribution is 7.99. The number of thioether (sulfide) groups is 1. The number of anilines is 2. The van der Waals surface area contributed by atoms with Gasteiger partial charge in [0.05, 0.1) is 0 Å². The number of hydrogen-bond acceptors (Lipinski definition) is 5. The largest absolute Gasteiger partial charge is 0.334 e. The molecule has 0 spiro atoms. The van der Waals surface area contributed by atoms with Crippen molar-refractivity contribution in [2.45, 2.75) is 19.0 Å². The molecule has 2 aromatic rings. The molecule has 1 aliphatic rings. The Morgan fingerprint density at radius 1 is 1.10 bits per heavy atom. The van der Waals surface area contributed by atoms with Crippen molar-refractivity contribution < 1.29 is 9.59 Å². The van der Waals surface area contributed by atoms with Crippen molar-refractivity contribution in [1.29, 1.82) is 0 Å². The maximum absolute atomic E-state index is 12.2. The third-order valence-electron chi connectivity index (χ3n) is 4.04. The van der Waals surface area contributed by atoms with Crippen molar-refractivity contribution in [3.63, 3.8) is 0 Å². The number of amides is 3. The van der Waals surface area contributed by atoms with Crippen molar-refractivity contribution in [3.8, 4) is 0 Å². The molecule has 4 N–H and O–H groups in total. The average molecular weight is 458 g/mol. The minimum Gasteiger partial charge on any atom is -0.334 e. The molecule has 3 amide bonds. The van der Waals surface area contributed by atoms with Gasteiger partial charge in [0.15, 0.2) is 0 Å². The van der Waals surface area contributed by atoms with Crippen molar-refractivity contribution in [2.24, 2.45) is 0 Å². The summed E-state index contributed by atoms with van der Waals surface area (Å²) in [6.45, 7) is 1.35. The molecule has 1 aliphatic heterocycles. The summed E-state index contributed by atoms with van der Waals surface area (Å²) >= 11 is 1.86. The minimum absolute atomic E-state index is 0. The van der Waals surface area contributed by atoms with Crippen LogP contribution in [0.15, 0.2) is 48.8 Å². The smallest absolute Gasteiger partial charge is 0.319 e. The zero-order valence-electron chi connectivity index (χ0n) is 15.7. The van der Waals surface area contributed by atoms with Crippen molar-refractivity contribution in [3.05, 3.63) is 54.4 Å². The van der Waals surface area contributed by atoms with E-state index in [-0.39, 0.29) is 42.8 Å². The third-order valence-corrected chi connectivity index (χ3v) is 5.17. The van der Waals surface area contributed by atoms with Crippen LogP contribution >= 0.6 is 36.6 Å². The maximum atomic E-state index is 12.2. The van der Waals surface area contributed by atoms with E-state index < -0.39 is 0 Å². The molecule has 1 fully saturated rings. The topological polar surface area (TPSA) is 95.2 Å². The second kappa shape index (κ2) is 13.3. The molecule has 1 unspecified atom stereocenters. The Balaban J connectivity index is 0.00000210. The van der Waals surface area contributed by atoms with Gasteiger partial charge < -0.3 is 21.3 Å². The van der Waals surface area contributed by atoms with Crippen LogP contribution in [0.3, 0.4) is 0 Å². The van der Waals surface area contributed by atoms with E-state index in [0.717, 1.165) is 23.6 Å². The van der Waals surface area contributed by atoms with Crippen molar-refractivity contribution in [1.82, 2.24) is 15.6 Å². The fourth-order valence-corrected chi connectivity index (χ4v) is 3.67. The van der Waals surface area contributed by atoms with E-state index in [4.69, 9.17) is 0 Å². The third kappa shape index (κ3) is 8.91. The first-order valence-corrected chi connectivity index (χ1v) is 9.99. The van der Waals surface area contributed by atoms with Crippen molar-refractivity contribution >= 4 is 59.9 Å². The lowest BCUT2D eigenvalue weighted by Gasteiger charge is -2.22. The highest BCUT2D eigenvalue weighted by Crippen LogP contribution is 2.16. The molecule has 3 rings (SSSR count). The van der Waals surface area contributed by atoms with Crippen LogP contribution in [0.25, 0.3) is 0 Å². The molecule has 0 aliphatic carbocycles. The molecule has 1 aromatic carbocycles. The summed E-state index contributed by atoms with van der Waals surface area (Å²) in [6, 6.07) is 10.7. The average Bonchev–Trinajstić information content (AvgIpc) is 2.68. The molecule has 2 heterocycles. The first-order chi connectivity index (χ1) is 13.2. The van der Waals surface area contributed by atoms with E-state index in [9.17, 15) is 9.59 Å². The number of carbonyl (C=O) groups excluding carboxylic acids is 2. The molecule has 1 aromatic heterocycles. The van der Waals surface area contributed by atoms with Gasteiger partial charge in [-0.1, -0.05) is 6.07 Å². The van der Waals surface area contributed by atoms with Crippen LogP contribution < -0.4 is 21.3 Å². The summed E-state index contributed by atoms with van der Waals surface area (Å²) in [5.74, 6) is 2.01. The molecule has 10 heteroatoms. The molecule has 7 nitrogen and oxygen atoms in total. The predicted molar refractivity (Wildman–Crippen MR) is 123 cm³/mol. The molecule has 158 valence electrons. The lowest BCUT2D eigenvalue weighted by atomic mass is 10.2. The Labute approximate surface area is 187 Å². The van der Waals surface area contributed by atoms with Gasteiger partial charge in [-0.2, -0.15) is 11.8 Å². The van der Waals surface area contributed by atoms with Gasteiger partial charge in [-0.05, 0) is 35.9 Å². The van der Waals surface area contributed by atoms with Gasteiger partial charge in [0.2, 0.25) is 5.91 Å². The number of halogens is 2. The Morgan fingerprint density at radius 3 is 2.52 bits per heavy atom. The molecule has 0 radical (unpaired) electrons. The molecule has 29 heavy (non-hydrogen) atoms. The van der Waals surface area contributed by atoms with E-state index in [1.807, 2.05) is 23.9 Å². The van der Waals surface area contributed by atoms with E-state index >= 15 is 0 Å². The number of hydrogen-bond donors (Lipinski definition) is 4. The first kappa shape index (κ1) is 25.0. The van der Waals surface area contributed by atoms with E-state index in [2.05, 4.69) is 26.3 Å². The van der Waals surface area contributed by atoms with Gasteiger partial charge in [0, 0.05) is 60.8 Å². The van der Waals surface area contributed by atoms with Crippen LogP contribution in [0.2, 0.25) is 0 Å². The van der Waals surface area contributed by atoms with Crippen LogP contribution in [-0.2, 0) is 11.3 Å².